The lowest BCUT2D eigenvalue weighted by Crippen LogP contribution is -2.82. The summed E-state index contributed by atoms with van der Waals surface area (Å²) in [4.78, 5) is 0. The predicted molar refractivity (Wildman–Crippen MR) is 65.6 cm³/mol. The molecule has 0 unspecified atom stereocenters. The van der Waals surface area contributed by atoms with Crippen molar-refractivity contribution in [3.63, 3.8) is 0 Å². The molecule has 0 aliphatic carbocycles. The van der Waals surface area contributed by atoms with E-state index in [0.717, 1.165) is 5.56 Å². The van der Waals surface area contributed by atoms with Gasteiger partial charge in [-0.05, 0) is 30.4 Å². The second-order valence-electron chi connectivity index (χ2n) is 2.92. The van der Waals surface area contributed by atoms with Crippen LogP contribution in [-0.2, 0) is 0 Å². The van der Waals surface area contributed by atoms with E-state index in [1.165, 1.54) is 7.11 Å². The van der Waals surface area contributed by atoms with Gasteiger partial charge >= 0.3 is 0 Å². The third-order valence-electron chi connectivity index (χ3n) is 1.86. The standard InChI is InChI=1S/C10H13N3O2S/c1-11-10(16)13-12-6-7-3-4-8(14)9(5-7)15-2/h3-6,14H,1-2H3,(H2,11,13,16)/p+1. The van der Waals surface area contributed by atoms with Crippen molar-refractivity contribution in [1.82, 2.24) is 10.7 Å². The molecule has 0 saturated heterocycles. The fourth-order valence-corrected chi connectivity index (χ4v) is 1.09. The van der Waals surface area contributed by atoms with Crippen LogP contribution in [0.5, 0.6) is 11.5 Å². The highest BCUT2D eigenvalue weighted by atomic mass is 32.1. The minimum Gasteiger partial charge on any atom is -0.504 e. The number of methoxy groups -OCH3 is 1. The monoisotopic (exact) mass is 240 g/mol. The second-order valence-corrected chi connectivity index (χ2v) is 3.33. The van der Waals surface area contributed by atoms with E-state index >= 15 is 0 Å². The second kappa shape index (κ2) is 5.92. The quantitative estimate of drug-likeness (QED) is 0.307. The van der Waals surface area contributed by atoms with E-state index in [-0.39, 0.29) is 5.75 Å². The third-order valence-corrected chi connectivity index (χ3v) is 2.16. The maximum atomic E-state index is 9.38. The van der Waals surface area contributed by atoms with Gasteiger partial charge in [-0.2, -0.15) is 0 Å². The number of hydrogen-bond donors (Lipinski definition) is 4. The molecule has 16 heavy (non-hydrogen) atoms. The summed E-state index contributed by atoms with van der Waals surface area (Å²) in [5.74, 6) is 0.532. The first-order chi connectivity index (χ1) is 7.67. The van der Waals surface area contributed by atoms with Crippen LogP contribution >= 0.6 is 12.2 Å². The Balaban J connectivity index is 2.70. The number of thiocarbonyl (C=S) groups is 1. The van der Waals surface area contributed by atoms with Crippen LogP contribution in [0, 0.1) is 0 Å². The fourth-order valence-electron chi connectivity index (χ4n) is 1.03. The predicted octanol–water partition coefficient (Wildman–Crippen LogP) is -1.09. The number of phenolic OH excluding ortho intramolecular Hbond substituents is 1. The van der Waals surface area contributed by atoms with Crippen molar-refractivity contribution >= 4 is 23.5 Å². The molecule has 1 aromatic carbocycles. The molecular formula is C10H14N3O2S+. The van der Waals surface area contributed by atoms with Gasteiger partial charge in [-0.15, -0.1) is 10.5 Å². The van der Waals surface area contributed by atoms with E-state index in [4.69, 9.17) is 17.0 Å². The fraction of sp³-hybridized carbons (Fsp3) is 0.200. The Morgan fingerprint density at radius 3 is 2.94 bits per heavy atom. The first-order valence-corrected chi connectivity index (χ1v) is 5.01. The molecule has 86 valence electrons. The zero-order valence-corrected chi connectivity index (χ0v) is 9.89. The first kappa shape index (κ1) is 12.3. The summed E-state index contributed by atoms with van der Waals surface area (Å²) in [6, 6.07) is 5.00. The molecule has 1 rings (SSSR count). The molecule has 5 nitrogen and oxygen atoms in total. The van der Waals surface area contributed by atoms with E-state index in [9.17, 15) is 5.11 Å². The van der Waals surface area contributed by atoms with Crippen LogP contribution in [0.2, 0.25) is 0 Å². The van der Waals surface area contributed by atoms with Crippen molar-refractivity contribution in [2.75, 3.05) is 14.2 Å². The van der Waals surface area contributed by atoms with Gasteiger partial charge in [-0.25, -0.2) is 0 Å². The Hall–Kier alpha value is -1.82. The highest BCUT2D eigenvalue weighted by Crippen LogP contribution is 2.25. The molecule has 6 heteroatoms. The molecule has 0 amide bonds. The molecule has 0 radical (unpaired) electrons. The summed E-state index contributed by atoms with van der Waals surface area (Å²) >= 11 is 4.87. The molecule has 0 fully saturated rings. The van der Waals surface area contributed by atoms with Crippen molar-refractivity contribution in [2.45, 2.75) is 0 Å². The van der Waals surface area contributed by atoms with Gasteiger partial charge < -0.3 is 15.2 Å². The van der Waals surface area contributed by atoms with Gasteiger partial charge in [0.1, 0.15) is 0 Å². The maximum absolute atomic E-state index is 9.38. The van der Waals surface area contributed by atoms with Crippen LogP contribution in [0.3, 0.4) is 0 Å². The number of phenols is 1. The number of hydrazine groups is 1. The Morgan fingerprint density at radius 2 is 2.31 bits per heavy atom. The van der Waals surface area contributed by atoms with E-state index in [1.807, 2.05) is 0 Å². The maximum Gasteiger partial charge on any atom is 0.223 e. The largest absolute Gasteiger partial charge is 0.504 e. The SMILES string of the molecule is CNC(=S)N[NH+]=Cc1ccc(O)c(OC)c1. The van der Waals surface area contributed by atoms with Crippen LogP contribution in [0.25, 0.3) is 0 Å². The van der Waals surface area contributed by atoms with Gasteiger partial charge in [-0.3, -0.25) is 0 Å². The smallest absolute Gasteiger partial charge is 0.223 e. The lowest BCUT2D eigenvalue weighted by molar-refractivity contribution is -0.500. The highest BCUT2D eigenvalue weighted by Gasteiger charge is 2.02. The average Bonchev–Trinajstić information content (AvgIpc) is 2.31. The summed E-state index contributed by atoms with van der Waals surface area (Å²) < 4.78 is 4.98. The first-order valence-electron chi connectivity index (χ1n) is 4.61. The van der Waals surface area contributed by atoms with Gasteiger partial charge in [0.15, 0.2) is 17.7 Å². The van der Waals surface area contributed by atoms with Gasteiger partial charge in [0.2, 0.25) is 5.11 Å². The number of rotatable bonds is 3. The van der Waals surface area contributed by atoms with E-state index in [1.54, 1.807) is 31.5 Å². The van der Waals surface area contributed by atoms with E-state index in [0.29, 0.717) is 10.9 Å². The number of aromatic hydroxyl groups is 1. The lowest BCUT2D eigenvalue weighted by atomic mass is 10.2. The molecule has 0 heterocycles. The highest BCUT2D eigenvalue weighted by molar-refractivity contribution is 7.80. The molecule has 0 spiro atoms. The van der Waals surface area contributed by atoms with Crippen LogP contribution in [0.4, 0.5) is 0 Å². The molecule has 0 atom stereocenters. The summed E-state index contributed by atoms with van der Waals surface area (Å²) in [7, 11) is 3.22. The summed E-state index contributed by atoms with van der Waals surface area (Å²) in [6.07, 6.45) is 1.70. The number of ether oxygens (including phenoxy) is 1. The Bertz CT molecular complexity index is 407. The zero-order chi connectivity index (χ0) is 12.0. The number of benzene rings is 1. The molecule has 0 bridgehead atoms. The lowest BCUT2D eigenvalue weighted by Gasteiger charge is -2.02. The number of hydrazone groups is 1. The molecule has 4 N–H and O–H groups in total. The van der Waals surface area contributed by atoms with Crippen molar-refractivity contribution < 1.29 is 14.9 Å². The van der Waals surface area contributed by atoms with Gasteiger partial charge in [0, 0.05) is 12.6 Å². The Morgan fingerprint density at radius 1 is 1.56 bits per heavy atom. The van der Waals surface area contributed by atoms with Crippen molar-refractivity contribution in [1.29, 1.82) is 0 Å². The molecular weight excluding hydrogens is 226 g/mol. The van der Waals surface area contributed by atoms with Crippen molar-refractivity contribution in [3.05, 3.63) is 23.8 Å². The minimum absolute atomic E-state index is 0.110. The summed E-state index contributed by atoms with van der Waals surface area (Å²) in [6.45, 7) is 0. The van der Waals surface area contributed by atoms with Crippen LogP contribution in [-0.4, -0.2) is 30.6 Å². The van der Waals surface area contributed by atoms with Crippen molar-refractivity contribution in [2.24, 2.45) is 0 Å². The molecule has 0 aromatic heterocycles. The number of hydrogen-bond acceptors (Lipinski definition) is 3. The normalized spacial score (nSPS) is 10.1. The van der Waals surface area contributed by atoms with E-state index < -0.39 is 0 Å². The van der Waals surface area contributed by atoms with E-state index in [2.05, 4.69) is 15.8 Å². The summed E-state index contributed by atoms with van der Waals surface area (Å²) in [5, 5.41) is 15.4. The number of nitrogens with one attached hydrogen (secondary N) is 3. The zero-order valence-electron chi connectivity index (χ0n) is 9.07. The van der Waals surface area contributed by atoms with Crippen LogP contribution < -0.4 is 20.6 Å². The Labute approximate surface area is 99.1 Å². The average molecular weight is 240 g/mol. The third kappa shape index (κ3) is 3.39. The molecule has 1 aromatic rings. The van der Waals surface area contributed by atoms with Crippen LogP contribution in [0.1, 0.15) is 5.56 Å². The van der Waals surface area contributed by atoms with Gasteiger partial charge in [0.25, 0.3) is 0 Å². The summed E-state index contributed by atoms with van der Waals surface area (Å²) in [5.41, 5.74) is 3.59. The topological polar surface area (TPSA) is 67.5 Å². The Kier molecular flexibility index (Phi) is 4.53. The van der Waals surface area contributed by atoms with Gasteiger partial charge in [0.05, 0.1) is 7.11 Å². The molecule has 0 aliphatic rings. The molecule has 0 aliphatic heterocycles. The van der Waals surface area contributed by atoms with Crippen LogP contribution in [0.15, 0.2) is 18.2 Å². The van der Waals surface area contributed by atoms with Crippen molar-refractivity contribution in [3.8, 4) is 11.5 Å². The van der Waals surface area contributed by atoms with Gasteiger partial charge in [-0.1, -0.05) is 0 Å². The molecule has 0 saturated carbocycles. The minimum atomic E-state index is 0.110.